The molecule has 0 bridgehead atoms. The summed E-state index contributed by atoms with van der Waals surface area (Å²) in [5.74, 6) is -1.40. The maximum atomic E-state index is 12.2. The van der Waals surface area contributed by atoms with Crippen molar-refractivity contribution in [2.45, 2.75) is 31.7 Å². The molecule has 3 rings (SSSR count). The molecule has 8 nitrogen and oxygen atoms in total. The van der Waals surface area contributed by atoms with Gasteiger partial charge in [-0.05, 0) is 30.5 Å². The van der Waals surface area contributed by atoms with E-state index in [0.29, 0.717) is 26.0 Å². The molecule has 0 spiro atoms. The van der Waals surface area contributed by atoms with E-state index in [-0.39, 0.29) is 25.0 Å². The molecule has 0 aliphatic carbocycles. The van der Waals surface area contributed by atoms with Gasteiger partial charge in [0.25, 0.3) is 0 Å². The molecule has 1 aromatic carbocycles. The van der Waals surface area contributed by atoms with E-state index in [0.717, 1.165) is 16.9 Å². The quantitative estimate of drug-likeness (QED) is 0.773. The van der Waals surface area contributed by atoms with Crippen molar-refractivity contribution in [3.63, 3.8) is 0 Å². The number of hydrogen-bond acceptors (Lipinski definition) is 6. The summed E-state index contributed by atoms with van der Waals surface area (Å²) in [6.45, 7) is 0.608. The third kappa shape index (κ3) is 3.74. The topological polar surface area (TPSA) is 99.2 Å². The number of aliphatic carboxylic acids is 1. The molecule has 2 aliphatic rings. The Morgan fingerprint density at radius 3 is 2.84 bits per heavy atom. The van der Waals surface area contributed by atoms with E-state index in [1.165, 1.54) is 0 Å². The predicted octanol–water partition coefficient (Wildman–Crippen LogP) is 0.697. The van der Waals surface area contributed by atoms with Crippen LogP contribution in [-0.4, -0.2) is 49.4 Å². The van der Waals surface area contributed by atoms with Gasteiger partial charge in [-0.1, -0.05) is 6.07 Å². The molecule has 1 atom stereocenters. The molecular weight excluding hydrogens is 326 g/mol. The minimum Gasteiger partial charge on any atom is -0.481 e. The van der Waals surface area contributed by atoms with Gasteiger partial charge in [-0.2, -0.15) is 0 Å². The molecule has 0 radical (unpaired) electrons. The number of nitrogens with zero attached hydrogens (tertiary/aromatic N) is 2. The van der Waals surface area contributed by atoms with E-state index in [4.69, 9.17) is 9.84 Å². The van der Waals surface area contributed by atoms with Gasteiger partial charge in [0, 0.05) is 19.9 Å². The second-order valence-electron chi connectivity index (χ2n) is 6.31. The van der Waals surface area contributed by atoms with Crippen LogP contribution in [0.15, 0.2) is 18.2 Å². The van der Waals surface area contributed by atoms with Crippen LogP contribution in [0.25, 0.3) is 0 Å². The SMILES string of the molecule is CN1COCN(C2CCC(=O)NC2=O)c2ccc(CCC(=O)O)cc21. The first-order valence-corrected chi connectivity index (χ1v) is 8.19. The number of imide groups is 1. The molecule has 1 saturated heterocycles. The minimum atomic E-state index is -0.836. The van der Waals surface area contributed by atoms with Crippen molar-refractivity contribution in [1.82, 2.24) is 5.32 Å². The van der Waals surface area contributed by atoms with Crippen LogP contribution in [0, 0.1) is 0 Å². The fourth-order valence-corrected chi connectivity index (χ4v) is 3.18. The zero-order valence-corrected chi connectivity index (χ0v) is 14.0. The van der Waals surface area contributed by atoms with Gasteiger partial charge in [-0.15, -0.1) is 0 Å². The van der Waals surface area contributed by atoms with Crippen molar-refractivity contribution in [2.75, 3.05) is 30.3 Å². The Kier molecular flexibility index (Phi) is 4.89. The molecular formula is C17H21N3O5. The summed E-state index contributed by atoms with van der Waals surface area (Å²) in [6, 6.07) is 5.24. The number of carbonyl (C=O) groups excluding carboxylic acids is 2. The van der Waals surface area contributed by atoms with Crippen LogP contribution >= 0.6 is 0 Å². The molecule has 2 N–H and O–H groups in total. The monoisotopic (exact) mass is 347 g/mol. The third-order valence-corrected chi connectivity index (χ3v) is 4.49. The molecule has 2 amide bonds. The summed E-state index contributed by atoms with van der Waals surface area (Å²) in [5, 5.41) is 11.2. The first kappa shape index (κ1) is 17.2. The minimum absolute atomic E-state index is 0.0653. The van der Waals surface area contributed by atoms with Crippen molar-refractivity contribution < 1.29 is 24.2 Å². The second kappa shape index (κ2) is 7.10. The Hall–Kier alpha value is -2.61. The number of carboxylic acid groups (broad SMARTS) is 1. The summed E-state index contributed by atoms with van der Waals surface area (Å²) < 4.78 is 5.66. The Bertz CT molecular complexity index is 706. The first-order chi connectivity index (χ1) is 12.0. The van der Waals surface area contributed by atoms with E-state index >= 15 is 0 Å². The van der Waals surface area contributed by atoms with Crippen molar-refractivity contribution >= 4 is 29.2 Å². The lowest BCUT2D eigenvalue weighted by Gasteiger charge is -2.34. The number of benzene rings is 1. The molecule has 1 unspecified atom stereocenters. The van der Waals surface area contributed by atoms with Crippen LogP contribution in [0.1, 0.15) is 24.8 Å². The summed E-state index contributed by atoms with van der Waals surface area (Å²) in [6.07, 6.45) is 1.25. The zero-order chi connectivity index (χ0) is 18.0. The van der Waals surface area contributed by atoms with Crippen LogP contribution in [0.2, 0.25) is 0 Å². The summed E-state index contributed by atoms with van der Waals surface area (Å²) in [4.78, 5) is 38.2. The average molecular weight is 347 g/mol. The Morgan fingerprint density at radius 2 is 2.12 bits per heavy atom. The van der Waals surface area contributed by atoms with Gasteiger partial charge >= 0.3 is 5.97 Å². The van der Waals surface area contributed by atoms with E-state index in [1.54, 1.807) is 0 Å². The molecule has 2 heterocycles. The Balaban J connectivity index is 1.90. The highest BCUT2D eigenvalue weighted by Gasteiger charge is 2.34. The number of carbonyl (C=O) groups is 3. The number of carboxylic acids is 1. The number of hydrogen-bond donors (Lipinski definition) is 2. The predicted molar refractivity (Wildman–Crippen MR) is 90.3 cm³/mol. The molecule has 134 valence electrons. The molecule has 2 aliphatic heterocycles. The zero-order valence-electron chi connectivity index (χ0n) is 14.0. The number of anilines is 2. The number of rotatable bonds is 4. The van der Waals surface area contributed by atoms with Crippen molar-refractivity contribution in [3.8, 4) is 0 Å². The van der Waals surface area contributed by atoms with Crippen LogP contribution < -0.4 is 15.1 Å². The largest absolute Gasteiger partial charge is 0.481 e. The highest BCUT2D eigenvalue weighted by molar-refractivity contribution is 6.02. The average Bonchev–Trinajstić information content (AvgIpc) is 2.72. The maximum Gasteiger partial charge on any atom is 0.303 e. The Morgan fingerprint density at radius 1 is 1.32 bits per heavy atom. The van der Waals surface area contributed by atoms with Crippen LogP contribution in [0.4, 0.5) is 11.4 Å². The number of amides is 2. The van der Waals surface area contributed by atoms with Gasteiger partial charge in [-0.25, -0.2) is 0 Å². The van der Waals surface area contributed by atoms with E-state index < -0.39 is 12.0 Å². The lowest BCUT2D eigenvalue weighted by atomic mass is 10.0. The van der Waals surface area contributed by atoms with Crippen LogP contribution in [0.5, 0.6) is 0 Å². The molecule has 0 saturated carbocycles. The van der Waals surface area contributed by atoms with E-state index in [2.05, 4.69) is 5.32 Å². The number of nitrogens with one attached hydrogen (secondary N) is 1. The molecule has 1 aromatic rings. The van der Waals surface area contributed by atoms with Gasteiger partial charge in [0.05, 0.1) is 11.4 Å². The molecule has 25 heavy (non-hydrogen) atoms. The first-order valence-electron chi connectivity index (χ1n) is 8.19. The van der Waals surface area contributed by atoms with Gasteiger partial charge in [0.2, 0.25) is 11.8 Å². The standard InChI is InChI=1S/C17H21N3O5/c1-19-9-25-10-20(13-5-6-15(21)18-17(13)24)12-4-2-11(8-14(12)19)3-7-16(22)23/h2,4,8,13H,3,5-7,9-10H2,1H3,(H,22,23)(H,18,21,24). The lowest BCUT2D eigenvalue weighted by Crippen LogP contribution is -2.53. The van der Waals surface area contributed by atoms with Crippen molar-refractivity contribution in [1.29, 1.82) is 0 Å². The number of aryl methyl sites for hydroxylation is 1. The van der Waals surface area contributed by atoms with Crippen molar-refractivity contribution in [3.05, 3.63) is 23.8 Å². The lowest BCUT2D eigenvalue weighted by molar-refractivity contribution is -0.137. The normalized spacial score (nSPS) is 20.8. The second-order valence-corrected chi connectivity index (χ2v) is 6.31. The van der Waals surface area contributed by atoms with Gasteiger partial charge in [0.1, 0.15) is 19.5 Å². The third-order valence-electron chi connectivity index (χ3n) is 4.49. The molecule has 8 heteroatoms. The number of ether oxygens (including phenoxy) is 1. The summed E-state index contributed by atoms with van der Waals surface area (Å²) in [7, 11) is 1.88. The molecule has 1 fully saturated rings. The van der Waals surface area contributed by atoms with Gasteiger partial charge in [-0.3, -0.25) is 19.7 Å². The smallest absolute Gasteiger partial charge is 0.303 e. The number of piperidine rings is 1. The number of fused-ring (bicyclic) bond motifs is 1. The fraction of sp³-hybridized carbons (Fsp3) is 0.471. The fourth-order valence-electron chi connectivity index (χ4n) is 3.18. The van der Waals surface area contributed by atoms with Crippen LogP contribution in [-0.2, 0) is 25.5 Å². The molecule has 0 aromatic heterocycles. The summed E-state index contributed by atoms with van der Waals surface area (Å²) >= 11 is 0. The van der Waals surface area contributed by atoms with Crippen LogP contribution in [0.3, 0.4) is 0 Å². The van der Waals surface area contributed by atoms with E-state index in [9.17, 15) is 14.4 Å². The summed E-state index contributed by atoms with van der Waals surface area (Å²) in [5.41, 5.74) is 2.64. The van der Waals surface area contributed by atoms with Gasteiger partial charge in [0.15, 0.2) is 0 Å². The maximum absolute atomic E-state index is 12.2. The van der Waals surface area contributed by atoms with Crippen molar-refractivity contribution in [2.24, 2.45) is 0 Å². The Labute approximate surface area is 145 Å². The van der Waals surface area contributed by atoms with Gasteiger partial charge < -0.3 is 19.6 Å². The highest BCUT2D eigenvalue weighted by atomic mass is 16.5. The van der Waals surface area contributed by atoms with E-state index in [1.807, 2.05) is 35.0 Å². The highest BCUT2D eigenvalue weighted by Crippen LogP contribution is 2.34.